The molecule has 0 saturated heterocycles. The van der Waals surface area contributed by atoms with Crippen LogP contribution in [0.5, 0.6) is 5.75 Å². The molecule has 6 heteroatoms. The first-order chi connectivity index (χ1) is 13.5. The van der Waals surface area contributed by atoms with Crippen LogP contribution in [0.15, 0.2) is 48.5 Å². The molecule has 0 heterocycles. The van der Waals surface area contributed by atoms with E-state index >= 15 is 0 Å². The molecule has 28 heavy (non-hydrogen) atoms. The van der Waals surface area contributed by atoms with Crippen LogP contribution >= 0.6 is 0 Å². The third kappa shape index (κ3) is 5.82. The van der Waals surface area contributed by atoms with Crippen LogP contribution in [0.2, 0.25) is 0 Å². The Morgan fingerprint density at radius 2 is 1.86 bits per heavy atom. The highest BCUT2D eigenvalue weighted by atomic mass is 16.5. The molecule has 2 amide bonds. The highest BCUT2D eigenvalue weighted by molar-refractivity contribution is 5.94. The molecule has 0 spiro atoms. The first-order valence-corrected chi connectivity index (χ1v) is 9.39. The Balaban J connectivity index is 1.43. The van der Waals surface area contributed by atoms with E-state index in [1.54, 1.807) is 31.2 Å². The van der Waals surface area contributed by atoms with E-state index in [-0.39, 0.29) is 18.4 Å². The first kappa shape index (κ1) is 19.9. The van der Waals surface area contributed by atoms with Gasteiger partial charge in [0, 0.05) is 25.2 Å². The Labute approximate surface area is 165 Å². The largest absolute Gasteiger partial charge is 0.497 e. The van der Waals surface area contributed by atoms with Gasteiger partial charge in [-0.15, -0.1) is 0 Å². The summed E-state index contributed by atoms with van der Waals surface area (Å²) in [5.74, 6) is 0.627. The summed E-state index contributed by atoms with van der Waals surface area (Å²) in [6.45, 7) is 0.822. The molecule has 1 fully saturated rings. The van der Waals surface area contributed by atoms with Crippen molar-refractivity contribution >= 4 is 11.8 Å². The summed E-state index contributed by atoms with van der Waals surface area (Å²) < 4.78 is 10.7. The number of nitrogens with one attached hydrogen (secondary N) is 1. The summed E-state index contributed by atoms with van der Waals surface area (Å²) in [6, 6.07) is 15.3. The zero-order valence-electron chi connectivity index (χ0n) is 16.3. The number of hydrogen-bond acceptors (Lipinski definition) is 4. The number of methoxy groups -OCH3 is 1. The van der Waals surface area contributed by atoms with Crippen LogP contribution in [0.1, 0.15) is 34.3 Å². The molecule has 2 aromatic carbocycles. The SMILES string of the molecule is COc1cccc(COCC(=O)N(C)Cc2ccc(C(=O)NC3CC3)cc2)c1. The van der Waals surface area contributed by atoms with E-state index in [4.69, 9.17) is 9.47 Å². The predicted molar refractivity (Wildman–Crippen MR) is 106 cm³/mol. The number of rotatable bonds is 9. The van der Waals surface area contributed by atoms with E-state index in [1.165, 1.54) is 0 Å². The zero-order chi connectivity index (χ0) is 19.9. The average Bonchev–Trinajstić information content (AvgIpc) is 3.52. The van der Waals surface area contributed by atoms with Gasteiger partial charge in [0.05, 0.1) is 13.7 Å². The lowest BCUT2D eigenvalue weighted by Crippen LogP contribution is -2.30. The molecule has 0 aromatic heterocycles. The second kappa shape index (κ2) is 9.37. The van der Waals surface area contributed by atoms with Crippen molar-refractivity contribution in [1.29, 1.82) is 0 Å². The number of ether oxygens (including phenoxy) is 2. The summed E-state index contributed by atoms with van der Waals surface area (Å²) in [4.78, 5) is 25.9. The summed E-state index contributed by atoms with van der Waals surface area (Å²) in [6.07, 6.45) is 2.13. The zero-order valence-corrected chi connectivity index (χ0v) is 16.3. The van der Waals surface area contributed by atoms with Crippen LogP contribution in [0.4, 0.5) is 0 Å². The molecular formula is C22H26N2O4. The molecule has 1 saturated carbocycles. The van der Waals surface area contributed by atoms with Gasteiger partial charge in [0.2, 0.25) is 5.91 Å². The topological polar surface area (TPSA) is 67.9 Å². The quantitative estimate of drug-likeness (QED) is 0.724. The van der Waals surface area contributed by atoms with Crippen molar-refractivity contribution in [1.82, 2.24) is 10.2 Å². The highest BCUT2D eigenvalue weighted by Gasteiger charge is 2.23. The van der Waals surface area contributed by atoms with Crippen LogP contribution in [-0.2, 0) is 22.7 Å². The molecule has 1 N–H and O–H groups in total. The van der Waals surface area contributed by atoms with Gasteiger partial charge in [-0.25, -0.2) is 0 Å². The molecule has 0 aliphatic heterocycles. The highest BCUT2D eigenvalue weighted by Crippen LogP contribution is 2.19. The lowest BCUT2D eigenvalue weighted by Gasteiger charge is -2.17. The molecule has 0 unspecified atom stereocenters. The van der Waals surface area contributed by atoms with Gasteiger partial charge >= 0.3 is 0 Å². The van der Waals surface area contributed by atoms with Crippen LogP contribution < -0.4 is 10.1 Å². The van der Waals surface area contributed by atoms with Gasteiger partial charge in [0.15, 0.2) is 0 Å². The van der Waals surface area contributed by atoms with E-state index in [9.17, 15) is 9.59 Å². The van der Waals surface area contributed by atoms with Gasteiger partial charge in [0.25, 0.3) is 5.91 Å². The maximum atomic E-state index is 12.3. The standard InChI is InChI=1S/C22H26N2O4/c1-24(21(25)15-28-14-17-4-3-5-20(12-17)27-2)13-16-6-8-18(9-7-16)22(26)23-19-10-11-19/h3-9,12,19H,10-11,13-15H2,1-2H3,(H,23,26). The maximum Gasteiger partial charge on any atom is 0.251 e. The van der Waals surface area contributed by atoms with Gasteiger partial charge in [-0.3, -0.25) is 9.59 Å². The maximum absolute atomic E-state index is 12.3. The van der Waals surface area contributed by atoms with Crippen molar-refractivity contribution < 1.29 is 19.1 Å². The normalized spacial score (nSPS) is 13.1. The van der Waals surface area contributed by atoms with E-state index in [1.807, 2.05) is 36.4 Å². The number of hydrogen-bond donors (Lipinski definition) is 1. The molecular weight excluding hydrogens is 356 g/mol. The van der Waals surface area contributed by atoms with Gasteiger partial charge in [-0.1, -0.05) is 24.3 Å². The van der Waals surface area contributed by atoms with Crippen molar-refractivity contribution in [3.05, 3.63) is 65.2 Å². The van der Waals surface area contributed by atoms with Crippen molar-refractivity contribution in [2.75, 3.05) is 20.8 Å². The second-order valence-electron chi connectivity index (χ2n) is 7.04. The number of carbonyl (C=O) groups is 2. The minimum absolute atomic E-state index is 0.00951. The molecule has 1 aliphatic carbocycles. The Morgan fingerprint density at radius 1 is 1.11 bits per heavy atom. The predicted octanol–water partition coefficient (Wildman–Crippen LogP) is 2.76. The Morgan fingerprint density at radius 3 is 2.54 bits per heavy atom. The van der Waals surface area contributed by atoms with Gasteiger partial charge in [0.1, 0.15) is 12.4 Å². The number of nitrogens with zero attached hydrogens (tertiary/aromatic N) is 1. The third-order valence-electron chi connectivity index (χ3n) is 4.60. The van der Waals surface area contributed by atoms with Crippen molar-refractivity contribution in [3.63, 3.8) is 0 Å². The minimum Gasteiger partial charge on any atom is -0.497 e. The van der Waals surface area contributed by atoms with Gasteiger partial charge < -0.3 is 19.7 Å². The second-order valence-corrected chi connectivity index (χ2v) is 7.04. The number of likely N-dealkylation sites (N-methyl/N-ethyl adjacent to an activating group) is 1. The fourth-order valence-electron chi connectivity index (χ4n) is 2.75. The first-order valence-electron chi connectivity index (χ1n) is 9.39. The molecule has 1 aliphatic rings. The Hall–Kier alpha value is -2.86. The monoisotopic (exact) mass is 382 g/mol. The summed E-state index contributed by atoms with van der Waals surface area (Å²) in [5, 5.41) is 2.96. The van der Waals surface area contributed by atoms with Crippen molar-refractivity contribution in [2.45, 2.75) is 32.0 Å². The molecule has 2 aromatic rings. The molecule has 0 bridgehead atoms. The van der Waals surface area contributed by atoms with Crippen molar-refractivity contribution in [2.24, 2.45) is 0 Å². The molecule has 6 nitrogen and oxygen atoms in total. The van der Waals surface area contributed by atoms with Crippen molar-refractivity contribution in [3.8, 4) is 5.75 Å². The smallest absolute Gasteiger partial charge is 0.251 e. The number of benzene rings is 2. The van der Waals surface area contributed by atoms with Crippen LogP contribution in [0, 0.1) is 0 Å². The van der Waals surface area contributed by atoms with E-state index < -0.39 is 0 Å². The summed E-state index contributed by atoms with van der Waals surface area (Å²) in [5.41, 5.74) is 2.56. The number of amides is 2. The van der Waals surface area contributed by atoms with E-state index in [2.05, 4.69) is 5.32 Å². The third-order valence-corrected chi connectivity index (χ3v) is 4.60. The molecule has 3 rings (SSSR count). The van der Waals surface area contributed by atoms with Crippen LogP contribution in [0.3, 0.4) is 0 Å². The number of carbonyl (C=O) groups excluding carboxylic acids is 2. The van der Waals surface area contributed by atoms with E-state index in [0.717, 1.165) is 29.7 Å². The fraction of sp³-hybridized carbons (Fsp3) is 0.364. The van der Waals surface area contributed by atoms with Gasteiger partial charge in [-0.2, -0.15) is 0 Å². The summed E-state index contributed by atoms with van der Waals surface area (Å²) in [7, 11) is 3.36. The molecule has 0 atom stereocenters. The lowest BCUT2D eigenvalue weighted by atomic mass is 10.1. The average molecular weight is 382 g/mol. The summed E-state index contributed by atoms with van der Waals surface area (Å²) >= 11 is 0. The van der Waals surface area contributed by atoms with Crippen LogP contribution in [0.25, 0.3) is 0 Å². The van der Waals surface area contributed by atoms with E-state index in [0.29, 0.717) is 24.8 Å². The molecule has 148 valence electrons. The van der Waals surface area contributed by atoms with Crippen LogP contribution in [-0.4, -0.2) is 43.5 Å². The minimum atomic E-state index is -0.0987. The fourth-order valence-corrected chi connectivity index (χ4v) is 2.75. The van der Waals surface area contributed by atoms with Gasteiger partial charge in [-0.05, 0) is 48.2 Å². The Kier molecular flexibility index (Phi) is 6.66. The lowest BCUT2D eigenvalue weighted by molar-refractivity contribution is -0.135. The molecule has 0 radical (unpaired) electrons. The Bertz CT molecular complexity index is 816.